The summed E-state index contributed by atoms with van der Waals surface area (Å²) in [5.41, 5.74) is 1.27. The molecule has 0 saturated carbocycles. The van der Waals surface area contributed by atoms with Gasteiger partial charge in [0.1, 0.15) is 6.54 Å². The Bertz CT molecular complexity index is 440. The molecule has 0 fully saturated rings. The van der Waals surface area contributed by atoms with Crippen LogP contribution in [0.3, 0.4) is 0 Å². The number of nitrogens with zero attached hydrogens (tertiary/aromatic N) is 3. The fourth-order valence-electron chi connectivity index (χ4n) is 1.65. The molecular weight excluding hydrogens is 234 g/mol. The molecule has 1 amide bonds. The van der Waals surface area contributed by atoms with Crippen LogP contribution < -0.4 is 0 Å². The van der Waals surface area contributed by atoms with Crippen LogP contribution in [0.15, 0.2) is 6.20 Å². The summed E-state index contributed by atoms with van der Waals surface area (Å²) in [6, 6.07) is 0. The second-order valence-electron chi connectivity index (χ2n) is 3.98. The van der Waals surface area contributed by atoms with Gasteiger partial charge in [0.15, 0.2) is 0 Å². The van der Waals surface area contributed by atoms with Gasteiger partial charge in [-0.3, -0.25) is 14.3 Å². The van der Waals surface area contributed by atoms with Crippen molar-refractivity contribution >= 4 is 11.9 Å². The molecule has 6 nitrogen and oxygen atoms in total. The lowest BCUT2D eigenvalue weighted by molar-refractivity contribution is -0.143. The molecule has 18 heavy (non-hydrogen) atoms. The van der Waals surface area contributed by atoms with Crippen molar-refractivity contribution in [2.24, 2.45) is 7.05 Å². The summed E-state index contributed by atoms with van der Waals surface area (Å²) in [7, 11) is 3.34. The summed E-state index contributed by atoms with van der Waals surface area (Å²) >= 11 is 0. The normalized spacial score (nSPS) is 10.2. The molecule has 0 spiro atoms. The number of carbonyl (C=O) groups is 2. The van der Waals surface area contributed by atoms with Crippen LogP contribution in [0, 0.1) is 0 Å². The van der Waals surface area contributed by atoms with Crippen molar-refractivity contribution in [1.29, 1.82) is 0 Å². The van der Waals surface area contributed by atoms with Crippen molar-refractivity contribution in [2.45, 2.75) is 20.3 Å². The van der Waals surface area contributed by atoms with Crippen LogP contribution in [0.5, 0.6) is 0 Å². The lowest BCUT2D eigenvalue weighted by Crippen LogP contribution is -2.33. The van der Waals surface area contributed by atoms with E-state index in [2.05, 4.69) is 5.10 Å². The summed E-state index contributed by atoms with van der Waals surface area (Å²) in [5.74, 6) is -0.622. The summed E-state index contributed by atoms with van der Waals surface area (Å²) in [6.45, 7) is 3.93. The van der Waals surface area contributed by atoms with Crippen molar-refractivity contribution in [1.82, 2.24) is 14.7 Å². The van der Waals surface area contributed by atoms with Gasteiger partial charge in [-0.15, -0.1) is 0 Å². The maximum Gasteiger partial charge on any atom is 0.325 e. The van der Waals surface area contributed by atoms with E-state index in [1.807, 2.05) is 6.92 Å². The van der Waals surface area contributed by atoms with Crippen molar-refractivity contribution in [3.05, 3.63) is 17.5 Å². The van der Waals surface area contributed by atoms with Gasteiger partial charge in [0.25, 0.3) is 5.91 Å². The molecular formula is C12H19N3O3. The second-order valence-corrected chi connectivity index (χ2v) is 3.98. The van der Waals surface area contributed by atoms with Gasteiger partial charge in [-0.25, -0.2) is 0 Å². The van der Waals surface area contributed by atoms with E-state index in [4.69, 9.17) is 4.74 Å². The molecule has 0 bridgehead atoms. The van der Waals surface area contributed by atoms with Crippen molar-refractivity contribution in [3.63, 3.8) is 0 Å². The van der Waals surface area contributed by atoms with Crippen LogP contribution in [-0.2, 0) is 23.0 Å². The number of aromatic nitrogens is 2. The molecule has 0 N–H and O–H groups in total. The average molecular weight is 253 g/mol. The molecule has 6 heteroatoms. The molecule has 0 aromatic carbocycles. The van der Waals surface area contributed by atoms with Gasteiger partial charge in [0.2, 0.25) is 0 Å². The molecule has 100 valence electrons. The van der Waals surface area contributed by atoms with Crippen LogP contribution in [0.2, 0.25) is 0 Å². The zero-order chi connectivity index (χ0) is 13.7. The third-order valence-corrected chi connectivity index (χ3v) is 2.49. The number of aryl methyl sites for hydroxylation is 2. The van der Waals surface area contributed by atoms with Crippen molar-refractivity contribution in [2.75, 3.05) is 20.2 Å². The third-order valence-electron chi connectivity index (χ3n) is 2.49. The molecule has 0 aliphatic rings. The Balaban J connectivity index is 2.76. The molecule has 1 rings (SSSR count). The Kier molecular flexibility index (Phi) is 4.88. The van der Waals surface area contributed by atoms with Gasteiger partial charge >= 0.3 is 5.97 Å². The van der Waals surface area contributed by atoms with E-state index in [9.17, 15) is 9.59 Å². The second kappa shape index (κ2) is 6.18. The highest BCUT2D eigenvalue weighted by molar-refractivity contribution is 5.96. The van der Waals surface area contributed by atoms with E-state index in [0.29, 0.717) is 18.6 Å². The molecule has 1 aromatic rings. The zero-order valence-electron chi connectivity index (χ0n) is 11.3. The van der Waals surface area contributed by atoms with Crippen molar-refractivity contribution in [3.8, 4) is 0 Å². The highest BCUT2D eigenvalue weighted by Gasteiger charge is 2.20. The maximum absolute atomic E-state index is 12.1. The molecule has 0 radical (unpaired) electrons. The highest BCUT2D eigenvalue weighted by atomic mass is 16.5. The molecule has 1 heterocycles. The first-order valence-electron chi connectivity index (χ1n) is 5.93. The fraction of sp³-hybridized carbons (Fsp3) is 0.583. The summed E-state index contributed by atoms with van der Waals surface area (Å²) in [6.07, 6.45) is 2.35. The SMILES string of the molecule is CCOC(=O)CN(C)C(=O)c1cn(C)nc1CC. The Labute approximate surface area is 107 Å². The van der Waals surface area contributed by atoms with Gasteiger partial charge in [-0.1, -0.05) is 6.92 Å². The standard InChI is InChI=1S/C12H19N3O3/c1-5-10-9(7-15(4)13-10)12(17)14(3)8-11(16)18-6-2/h7H,5-6,8H2,1-4H3. The number of ether oxygens (including phenoxy) is 1. The quantitative estimate of drug-likeness (QED) is 0.721. The van der Waals surface area contributed by atoms with E-state index in [-0.39, 0.29) is 12.5 Å². The van der Waals surface area contributed by atoms with E-state index < -0.39 is 5.97 Å². The van der Waals surface area contributed by atoms with E-state index in [1.54, 1.807) is 31.9 Å². The number of esters is 1. The third kappa shape index (κ3) is 3.32. The number of rotatable bonds is 5. The molecule has 0 atom stereocenters. The minimum Gasteiger partial charge on any atom is -0.465 e. The monoisotopic (exact) mass is 253 g/mol. The summed E-state index contributed by atoms with van der Waals surface area (Å²) in [4.78, 5) is 24.8. The predicted octanol–water partition coefficient (Wildman–Crippen LogP) is 0.618. The van der Waals surface area contributed by atoms with E-state index in [0.717, 1.165) is 5.69 Å². The van der Waals surface area contributed by atoms with Crippen LogP contribution in [0.1, 0.15) is 29.9 Å². The topological polar surface area (TPSA) is 64.4 Å². The molecule has 0 aliphatic heterocycles. The number of carbonyl (C=O) groups excluding carboxylic acids is 2. The molecule has 1 aromatic heterocycles. The lowest BCUT2D eigenvalue weighted by atomic mass is 10.2. The Morgan fingerprint density at radius 2 is 2.11 bits per heavy atom. The fourth-order valence-corrected chi connectivity index (χ4v) is 1.65. The first-order chi connectivity index (χ1) is 8.49. The van der Waals surface area contributed by atoms with E-state index >= 15 is 0 Å². The number of hydrogen-bond donors (Lipinski definition) is 0. The zero-order valence-corrected chi connectivity index (χ0v) is 11.3. The number of amides is 1. The number of likely N-dealkylation sites (N-methyl/N-ethyl adjacent to an activating group) is 1. The smallest absolute Gasteiger partial charge is 0.325 e. The Hall–Kier alpha value is -1.85. The summed E-state index contributed by atoms with van der Waals surface area (Å²) in [5, 5.41) is 4.20. The largest absolute Gasteiger partial charge is 0.465 e. The first-order valence-corrected chi connectivity index (χ1v) is 5.93. The minimum absolute atomic E-state index is 0.0509. The van der Waals surface area contributed by atoms with Gasteiger partial charge in [-0.05, 0) is 13.3 Å². The molecule has 0 aliphatic carbocycles. The van der Waals surface area contributed by atoms with Gasteiger partial charge in [0, 0.05) is 20.3 Å². The van der Waals surface area contributed by atoms with Crippen molar-refractivity contribution < 1.29 is 14.3 Å². The number of hydrogen-bond acceptors (Lipinski definition) is 4. The van der Waals surface area contributed by atoms with E-state index in [1.165, 1.54) is 4.90 Å². The van der Waals surface area contributed by atoms with Gasteiger partial charge in [0.05, 0.1) is 17.9 Å². The first kappa shape index (κ1) is 14.2. The van der Waals surface area contributed by atoms with Gasteiger partial charge in [-0.2, -0.15) is 5.10 Å². The van der Waals surface area contributed by atoms with Crippen LogP contribution in [-0.4, -0.2) is 46.8 Å². The van der Waals surface area contributed by atoms with Crippen LogP contribution >= 0.6 is 0 Å². The molecule has 0 unspecified atom stereocenters. The van der Waals surface area contributed by atoms with Gasteiger partial charge < -0.3 is 9.64 Å². The minimum atomic E-state index is -0.407. The predicted molar refractivity (Wildman–Crippen MR) is 66.2 cm³/mol. The Morgan fingerprint density at radius 1 is 1.44 bits per heavy atom. The maximum atomic E-state index is 12.1. The average Bonchev–Trinajstić information content (AvgIpc) is 2.69. The lowest BCUT2D eigenvalue weighted by Gasteiger charge is -2.15. The molecule has 0 saturated heterocycles. The van der Waals surface area contributed by atoms with Crippen LogP contribution in [0.4, 0.5) is 0 Å². The summed E-state index contributed by atoms with van der Waals surface area (Å²) < 4.78 is 6.41. The Morgan fingerprint density at radius 3 is 2.67 bits per heavy atom. The van der Waals surface area contributed by atoms with Crippen LogP contribution in [0.25, 0.3) is 0 Å². The highest BCUT2D eigenvalue weighted by Crippen LogP contribution is 2.10.